The number of aryl methyl sites for hydroxylation is 1. The second kappa shape index (κ2) is 7.58. The van der Waals surface area contributed by atoms with Crippen LogP contribution in [0.3, 0.4) is 0 Å². The van der Waals surface area contributed by atoms with E-state index in [1.54, 1.807) is 0 Å². The van der Waals surface area contributed by atoms with Crippen molar-refractivity contribution in [2.75, 3.05) is 7.05 Å². The Morgan fingerprint density at radius 1 is 1.06 bits per heavy atom. The van der Waals surface area contributed by atoms with Crippen molar-refractivity contribution < 1.29 is 0 Å². The second-order valence-corrected chi connectivity index (χ2v) is 5.39. The van der Waals surface area contributed by atoms with Crippen LogP contribution in [0.15, 0.2) is 18.2 Å². The van der Waals surface area contributed by atoms with Crippen molar-refractivity contribution in [3.8, 4) is 0 Å². The quantitative estimate of drug-likeness (QED) is 0.731. The summed E-state index contributed by atoms with van der Waals surface area (Å²) in [6.07, 6.45) is 5.17. The zero-order valence-electron chi connectivity index (χ0n) is 12.7. The Balaban J connectivity index is 3.02. The highest BCUT2D eigenvalue weighted by Crippen LogP contribution is 2.32. The van der Waals surface area contributed by atoms with E-state index in [4.69, 9.17) is 0 Å². The molecular weight excluding hydrogens is 218 g/mol. The molecule has 0 spiro atoms. The van der Waals surface area contributed by atoms with Crippen molar-refractivity contribution in [3.05, 3.63) is 34.9 Å². The average Bonchev–Trinajstić information content (AvgIpc) is 2.36. The first-order valence-electron chi connectivity index (χ1n) is 7.39. The van der Waals surface area contributed by atoms with Gasteiger partial charge < -0.3 is 5.32 Å². The van der Waals surface area contributed by atoms with Gasteiger partial charge in [0.25, 0.3) is 0 Å². The SMILES string of the molecule is CCCC(CCC)C(NC)c1cccc(C)c1C. The van der Waals surface area contributed by atoms with Gasteiger partial charge in [0, 0.05) is 6.04 Å². The first-order valence-corrected chi connectivity index (χ1v) is 7.39. The van der Waals surface area contributed by atoms with E-state index in [0.717, 1.165) is 5.92 Å². The van der Waals surface area contributed by atoms with Gasteiger partial charge >= 0.3 is 0 Å². The fourth-order valence-electron chi connectivity index (χ4n) is 2.98. The van der Waals surface area contributed by atoms with Gasteiger partial charge in [-0.05, 0) is 56.3 Å². The van der Waals surface area contributed by atoms with Gasteiger partial charge in [-0.15, -0.1) is 0 Å². The number of nitrogens with one attached hydrogen (secondary N) is 1. The van der Waals surface area contributed by atoms with Crippen molar-refractivity contribution in [2.45, 2.75) is 59.4 Å². The van der Waals surface area contributed by atoms with Crippen LogP contribution in [0.25, 0.3) is 0 Å². The Morgan fingerprint density at radius 2 is 1.67 bits per heavy atom. The molecule has 102 valence electrons. The van der Waals surface area contributed by atoms with Crippen LogP contribution in [-0.2, 0) is 0 Å². The molecule has 1 unspecified atom stereocenters. The molecular formula is C17H29N. The normalized spacial score (nSPS) is 13.0. The van der Waals surface area contributed by atoms with Gasteiger partial charge in [0.2, 0.25) is 0 Å². The van der Waals surface area contributed by atoms with E-state index in [1.165, 1.54) is 42.4 Å². The highest BCUT2D eigenvalue weighted by molar-refractivity contribution is 5.35. The molecule has 0 radical (unpaired) electrons. The molecule has 0 saturated carbocycles. The zero-order valence-corrected chi connectivity index (χ0v) is 12.7. The number of hydrogen-bond acceptors (Lipinski definition) is 1. The van der Waals surface area contributed by atoms with Crippen molar-refractivity contribution >= 4 is 0 Å². The summed E-state index contributed by atoms with van der Waals surface area (Å²) >= 11 is 0. The van der Waals surface area contributed by atoms with Gasteiger partial charge in [0.1, 0.15) is 0 Å². The lowest BCUT2D eigenvalue weighted by Crippen LogP contribution is -2.26. The average molecular weight is 247 g/mol. The van der Waals surface area contributed by atoms with E-state index in [9.17, 15) is 0 Å². The molecule has 0 amide bonds. The molecule has 0 aromatic heterocycles. The largest absolute Gasteiger partial charge is 0.313 e. The summed E-state index contributed by atoms with van der Waals surface area (Å²) in [5.74, 6) is 0.755. The lowest BCUT2D eigenvalue weighted by molar-refractivity contribution is 0.330. The van der Waals surface area contributed by atoms with E-state index in [-0.39, 0.29) is 0 Å². The Bertz CT molecular complexity index is 351. The molecule has 0 heterocycles. The van der Waals surface area contributed by atoms with Crippen LogP contribution in [0.2, 0.25) is 0 Å². The maximum absolute atomic E-state index is 3.56. The van der Waals surface area contributed by atoms with Gasteiger partial charge in [0.05, 0.1) is 0 Å². The molecule has 18 heavy (non-hydrogen) atoms. The predicted molar refractivity (Wildman–Crippen MR) is 81.0 cm³/mol. The fourth-order valence-corrected chi connectivity index (χ4v) is 2.98. The van der Waals surface area contributed by atoms with E-state index in [0.29, 0.717) is 6.04 Å². The minimum Gasteiger partial charge on any atom is -0.313 e. The zero-order chi connectivity index (χ0) is 13.5. The standard InChI is InChI=1S/C17H29N/c1-6-9-15(10-7-2)17(18-5)16-12-8-11-13(3)14(16)4/h8,11-12,15,17-18H,6-7,9-10H2,1-5H3. The molecule has 1 nitrogen and oxygen atoms in total. The van der Waals surface area contributed by atoms with Gasteiger partial charge in [-0.2, -0.15) is 0 Å². The molecule has 0 bridgehead atoms. The lowest BCUT2D eigenvalue weighted by Gasteiger charge is -2.28. The molecule has 1 rings (SSSR count). The van der Waals surface area contributed by atoms with Gasteiger partial charge in [0.15, 0.2) is 0 Å². The third-order valence-corrected chi connectivity index (χ3v) is 4.08. The maximum Gasteiger partial charge on any atom is 0.0348 e. The van der Waals surface area contributed by atoms with Crippen LogP contribution in [0.4, 0.5) is 0 Å². The van der Waals surface area contributed by atoms with Crippen LogP contribution in [0.5, 0.6) is 0 Å². The van der Waals surface area contributed by atoms with Crippen molar-refractivity contribution in [3.63, 3.8) is 0 Å². The van der Waals surface area contributed by atoms with Crippen LogP contribution in [0.1, 0.15) is 62.3 Å². The molecule has 1 heteroatoms. The van der Waals surface area contributed by atoms with E-state index >= 15 is 0 Å². The Morgan fingerprint density at radius 3 is 2.17 bits per heavy atom. The number of benzene rings is 1. The summed E-state index contributed by atoms with van der Waals surface area (Å²) in [5.41, 5.74) is 4.35. The molecule has 1 atom stereocenters. The third-order valence-electron chi connectivity index (χ3n) is 4.08. The van der Waals surface area contributed by atoms with E-state index < -0.39 is 0 Å². The summed E-state index contributed by atoms with van der Waals surface area (Å²) in [6.45, 7) is 9.04. The summed E-state index contributed by atoms with van der Waals surface area (Å²) in [5, 5.41) is 3.56. The highest BCUT2D eigenvalue weighted by Gasteiger charge is 2.21. The van der Waals surface area contributed by atoms with Crippen LogP contribution in [0, 0.1) is 19.8 Å². The topological polar surface area (TPSA) is 12.0 Å². The molecule has 0 aliphatic rings. The first-order chi connectivity index (χ1) is 8.65. The smallest absolute Gasteiger partial charge is 0.0348 e. The fraction of sp³-hybridized carbons (Fsp3) is 0.647. The number of hydrogen-bond donors (Lipinski definition) is 1. The maximum atomic E-state index is 3.56. The second-order valence-electron chi connectivity index (χ2n) is 5.39. The van der Waals surface area contributed by atoms with Crippen LogP contribution >= 0.6 is 0 Å². The molecule has 0 saturated heterocycles. The van der Waals surface area contributed by atoms with E-state index in [1.807, 2.05) is 0 Å². The van der Waals surface area contributed by atoms with Gasteiger partial charge in [-0.1, -0.05) is 44.9 Å². The monoisotopic (exact) mass is 247 g/mol. The van der Waals surface area contributed by atoms with Gasteiger partial charge in [-0.25, -0.2) is 0 Å². The molecule has 1 aromatic rings. The summed E-state index contributed by atoms with van der Waals surface area (Å²) in [4.78, 5) is 0. The lowest BCUT2D eigenvalue weighted by atomic mass is 9.84. The van der Waals surface area contributed by atoms with Crippen molar-refractivity contribution in [1.29, 1.82) is 0 Å². The molecule has 1 N–H and O–H groups in total. The Labute approximate surface area is 113 Å². The Hall–Kier alpha value is -0.820. The molecule has 0 aliphatic heterocycles. The molecule has 1 aromatic carbocycles. The van der Waals surface area contributed by atoms with Crippen LogP contribution < -0.4 is 5.32 Å². The predicted octanol–water partition coefficient (Wildman–Crippen LogP) is 4.78. The summed E-state index contributed by atoms with van der Waals surface area (Å²) < 4.78 is 0. The van der Waals surface area contributed by atoms with E-state index in [2.05, 4.69) is 58.3 Å². The van der Waals surface area contributed by atoms with Crippen molar-refractivity contribution in [2.24, 2.45) is 5.92 Å². The third kappa shape index (κ3) is 3.58. The van der Waals surface area contributed by atoms with Crippen LogP contribution in [-0.4, -0.2) is 7.05 Å². The molecule has 0 aliphatic carbocycles. The van der Waals surface area contributed by atoms with Gasteiger partial charge in [-0.3, -0.25) is 0 Å². The first kappa shape index (κ1) is 15.2. The summed E-state index contributed by atoms with van der Waals surface area (Å²) in [7, 11) is 2.10. The molecule has 0 fully saturated rings. The summed E-state index contributed by atoms with van der Waals surface area (Å²) in [6, 6.07) is 7.20. The minimum absolute atomic E-state index is 0.504. The Kier molecular flexibility index (Phi) is 6.42. The minimum atomic E-state index is 0.504. The number of rotatable bonds is 7. The highest BCUT2D eigenvalue weighted by atomic mass is 14.9. The van der Waals surface area contributed by atoms with Crippen molar-refractivity contribution in [1.82, 2.24) is 5.32 Å².